The predicted octanol–water partition coefficient (Wildman–Crippen LogP) is 2.70. The molecule has 0 unspecified atom stereocenters. The first kappa shape index (κ1) is 19.8. The third kappa shape index (κ3) is 3.84. The molecule has 146 valence electrons. The number of ether oxygens (including phenoxy) is 2. The zero-order chi connectivity index (χ0) is 20.3. The lowest BCUT2D eigenvalue weighted by Gasteiger charge is -2.14. The molecular formula is C19H21N5O3S. The molecule has 3 aromatic rings. The average Bonchev–Trinajstić information content (AvgIpc) is 2.71. The van der Waals surface area contributed by atoms with E-state index in [9.17, 15) is 4.79 Å². The van der Waals surface area contributed by atoms with Gasteiger partial charge >= 0.3 is 0 Å². The first-order valence-corrected chi connectivity index (χ1v) is 9.84. The van der Waals surface area contributed by atoms with Crippen molar-refractivity contribution in [3.8, 4) is 22.6 Å². The Hall–Kier alpha value is -2.94. The Bertz CT molecular complexity index is 1090. The summed E-state index contributed by atoms with van der Waals surface area (Å²) in [6.45, 7) is 3.95. The molecule has 28 heavy (non-hydrogen) atoms. The van der Waals surface area contributed by atoms with Gasteiger partial charge in [-0.2, -0.15) is 4.99 Å². The van der Waals surface area contributed by atoms with Gasteiger partial charge in [-0.05, 0) is 36.9 Å². The SMILES string of the molecule is CCn1c(=NC(C)=O)c(-c2cc(OC)cc(OC)c2)cc2nnc(SC)nc21. The Labute approximate surface area is 166 Å². The van der Waals surface area contributed by atoms with Crippen LogP contribution >= 0.6 is 11.8 Å². The van der Waals surface area contributed by atoms with Gasteiger partial charge in [0.15, 0.2) is 5.65 Å². The van der Waals surface area contributed by atoms with Crippen LogP contribution in [-0.2, 0) is 11.3 Å². The number of hydrogen-bond donors (Lipinski definition) is 0. The maximum absolute atomic E-state index is 11.9. The number of aryl methyl sites for hydroxylation is 1. The minimum Gasteiger partial charge on any atom is -0.497 e. The molecule has 0 saturated carbocycles. The second kappa shape index (κ2) is 8.39. The number of carbonyl (C=O) groups excluding carboxylic acids is 1. The van der Waals surface area contributed by atoms with Crippen LogP contribution in [0.25, 0.3) is 22.3 Å². The van der Waals surface area contributed by atoms with Crippen LogP contribution in [-0.4, -0.2) is 46.1 Å². The fourth-order valence-corrected chi connectivity index (χ4v) is 3.18. The maximum Gasteiger partial charge on any atom is 0.244 e. The van der Waals surface area contributed by atoms with Gasteiger partial charge in [0.1, 0.15) is 22.5 Å². The van der Waals surface area contributed by atoms with E-state index in [1.165, 1.54) is 18.7 Å². The van der Waals surface area contributed by atoms with Crippen molar-refractivity contribution in [3.63, 3.8) is 0 Å². The van der Waals surface area contributed by atoms with Crippen LogP contribution in [0.3, 0.4) is 0 Å². The molecule has 0 aliphatic heterocycles. The van der Waals surface area contributed by atoms with Crippen LogP contribution in [0, 0.1) is 0 Å². The van der Waals surface area contributed by atoms with Gasteiger partial charge in [0.25, 0.3) is 0 Å². The summed E-state index contributed by atoms with van der Waals surface area (Å²) in [5.41, 5.74) is 3.25. The third-order valence-corrected chi connectivity index (χ3v) is 4.67. The van der Waals surface area contributed by atoms with E-state index in [1.807, 2.05) is 35.9 Å². The number of methoxy groups -OCH3 is 2. The molecule has 0 atom stereocenters. The van der Waals surface area contributed by atoms with Gasteiger partial charge in [-0.15, -0.1) is 10.2 Å². The lowest BCUT2D eigenvalue weighted by atomic mass is 10.1. The number of amides is 1. The Morgan fingerprint density at radius 1 is 1.14 bits per heavy atom. The number of thioether (sulfide) groups is 1. The summed E-state index contributed by atoms with van der Waals surface area (Å²) in [6.07, 6.45) is 1.89. The highest BCUT2D eigenvalue weighted by atomic mass is 32.2. The number of benzene rings is 1. The molecule has 0 spiro atoms. The topological polar surface area (TPSA) is 91.5 Å². The Morgan fingerprint density at radius 2 is 1.82 bits per heavy atom. The van der Waals surface area contributed by atoms with Gasteiger partial charge in [-0.25, -0.2) is 4.98 Å². The lowest BCUT2D eigenvalue weighted by molar-refractivity contribution is -0.116. The molecule has 0 radical (unpaired) electrons. The number of pyridine rings is 1. The Morgan fingerprint density at radius 3 is 2.36 bits per heavy atom. The molecule has 0 saturated heterocycles. The van der Waals surface area contributed by atoms with Crippen LogP contribution in [0.1, 0.15) is 13.8 Å². The highest BCUT2D eigenvalue weighted by molar-refractivity contribution is 7.98. The maximum atomic E-state index is 11.9. The number of fused-ring (bicyclic) bond motifs is 1. The zero-order valence-electron chi connectivity index (χ0n) is 16.4. The van der Waals surface area contributed by atoms with Gasteiger partial charge in [0.2, 0.25) is 11.1 Å². The highest BCUT2D eigenvalue weighted by Crippen LogP contribution is 2.29. The summed E-state index contributed by atoms with van der Waals surface area (Å²) in [7, 11) is 3.18. The smallest absolute Gasteiger partial charge is 0.244 e. The Balaban J connectivity index is 2.44. The predicted molar refractivity (Wildman–Crippen MR) is 108 cm³/mol. The van der Waals surface area contributed by atoms with Crippen LogP contribution in [0.2, 0.25) is 0 Å². The van der Waals surface area contributed by atoms with Crippen molar-refractivity contribution in [1.82, 2.24) is 19.7 Å². The molecule has 8 nitrogen and oxygen atoms in total. The molecule has 1 aromatic carbocycles. The summed E-state index contributed by atoms with van der Waals surface area (Å²) >= 11 is 1.40. The summed E-state index contributed by atoms with van der Waals surface area (Å²) in [6, 6.07) is 7.34. The van der Waals surface area contributed by atoms with Crippen molar-refractivity contribution in [2.45, 2.75) is 25.5 Å². The van der Waals surface area contributed by atoms with Crippen LogP contribution in [0.5, 0.6) is 11.5 Å². The average molecular weight is 399 g/mol. The van der Waals surface area contributed by atoms with Gasteiger partial charge in [-0.3, -0.25) is 4.79 Å². The van der Waals surface area contributed by atoms with Crippen molar-refractivity contribution < 1.29 is 14.3 Å². The summed E-state index contributed by atoms with van der Waals surface area (Å²) in [5.74, 6) is 0.964. The zero-order valence-corrected chi connectivity index (χ0v) is 17.2. The lowest BCUT2D eigenvalue weighted by Crippen LogP contribution is -2.25. The van der Waals surface area contributed by atoms with E-state index in [-0.39, 0.29) is 5.91 Å². The van der Waals surface area contributed by atoms with E-state index in [2.05, 4.69) is 20.2 Å². The molecule has 2 heterocycles. The third-order valence-electron chi connectivity index (χ3n) is 4.13. The second-order valence-electron chi connectivity index (χ2n) is 5.87. The molecule has 1 amide bonds. The van der Waals surface area contributed by atoms with E-state index in [0.29, 0.717) is 39.9 Å². The molecule has 3 rings (SSSR count). The molecule has 0 aliphatic rings. The molecular weight excluding hydrogens is 378 g/mol. The monoisotopic (exact) mass is 399 g/mol. The van der Waals surface area contributed by atoms with E-state index < -0.39 is 0 Å². The minimum absolute atomic E-state index is 0.301. The van der Waals surface area contributed by atoms with Gasteiger partial charge in [0.05, 0.1) is 14.2 Å². The van der Waals surface area contributed by atoms with Crippen LogP contribution in [0.4, 0.5) is 0 Å². The van der Waals surface area contributed by atoms with Crippen LogP contribution in [0.15, 0.2) is 34.4 Å². The summed E-state index contributed by atoms with van der Waals surface area (Å²) in [4.78, 5) is 20.7. The standard InChI is InChI=1S/C19H21N5O3S/c1-6-24-17(20-11(2)25)15(10-16-18(24)21-19(28-5)23-22-16)12-7-13(26-3)9-14(8-12)27-4/h7-10H,6H2,1-5H3. The van der Waals surface area contributed by atoms with Crippen molar-refractivity contribution in [3.05, 3.63) is 29.8 Å². The van der Waals surface area contributed by atoms with Crippen molar-refractivity contribution in [2.75, 3.05) is 20.5 Å². The number of aromatic nitrogens is 4. The second-order valence-corrected chi connectivity index (χ2v) is 6.64. The number of rotatable bonds is 5. The normalized spacial score (nSPS) is 11.7. The minimum atomic E-state index is -0.301. The molecule has 2 aromatic heterocycles. The molecule has 0 N–H and O–H groups in total. The first-order valence-electron chi connectivity index (χ1n) is 8.61. The largest absolute Gasteiger partial charge is 0.497 e. The van der Waals surface area contributed by atoms with Crippen LogP contribution < -0.4 is 15.0 Å². The molecule has 9 heteroatoms. The van der Waals surface area contributed by atoms with E-state index >= 15 is 0 Å². The quantitative estimate of drug-likeness (QED) is 0.609. The Kier molecular flexibility index (Phi) is 5.93. The summed E-state index contributed by atoms with van der Waals surface area (Å²) in [5, 5.41) is 9.00. The number of carbonyl (C=O) groups is 1. The van der Waals surface area contributed by atoms with E-state index in [0.717, 1.165) is 11.1 Å². The first-order chi connectivity index (χ1) is 13.5. The van der Waals surface area contributed by atoms with E-state index in [4.69, 9.17) is 9.47 Å². The molecule has 0 aliphatic carbocycles. The van der Waals surface area contributed by atoms with Crippen molar-refractivity contribution >= 4 is 28.8 Å². The molecule has 0 bridgehead atoms. The summed E-state index contributed by atoms with van der Waals surface area (Å²) < 4.78 is 12.6. The van der Waals surface area contributed by atoms with Crippen molar-refractivity contribution in [2.24, 2.45) is 4.99 Å². The van der Waals surface area contributed by atoms with Gasteiger partial charge in [0, 0.05) is 25.1 Å². The van der Waals surface area contributed by atoms with E-state index in [1.54, 1.807) is 20.3 Å². The van der Waals surface area contributed by atoms with Gasteiger partial charge in [-0.1, -0.05) is 11.8 Å². The fraction of sp³-hybridized carbons (Fsp3) is 0.316. The number of nitrogens with zero attached hydrogens (tertiary/aromatic N) is 5. The molecule has 0 fully saturated rings. The highest BCUT2D eigenvalue weighted by Gasteiger charge is 2.15. The van der Waals surface area contributed by atoms with Gasteiger partial charge < -0.3 is 14.0 Å². The number of hydrogen-bond acceptors (Lipinski definition) is 7. The fourth-order valence-electron chi connectivity index (χ4n) is 2.88. The van der Waals surface area contributed by atoms with Crippen molar-refractivity contribution in [1.29, 1.82) is 0 Å².